The van der Waals surface area contributed by atoms with Crippen molar-refractivity contribution in [3.05, 3.63) is 29.1 Å². The van der Waals surface area contributed by atoms with Crippen molar-refractivity contribution in [2.45, 2.75) is 12.4 Å². The Balaban J connectivity index is 2.60. The number of rotatable bonds is 4. The number of benzene rings is 1. The van der Waals surface area contributed by atoms with Gasteiger partial charge in [-0.15, -0.1) is 0 Å². The first-order chi connectivity index (χ1) is 8.70. The van der Waals surface area contributed by atoms with Gasteiger partial charge in [0.05, 0.1) is 5.56 Å². The number of esters is 1. The fraction of sp³-hybridized carbons (Fsp3) is 0.364. The minimum absolute atomic E-state index is 0.164. The number of nitrogens with two attached hydrogens (primary N) is 1. The first-order valence-corrected chi connectivity index (χ1v) is 6.12. The number of nitrogen functional groups attached to an aromatic ring is 1. The molecule has 8 heteroatoms. The van der Waals surface area contributed by atoms with Crippen molar-refractivity contribution in [3.63, 3.8) is 0 Å². The second-order valence-electron chi connectivity index (χ2n) is 3.63. The molecule has 0 aliphatic carbocycles. The lowest BCUT2D eigenvalue weighted by atomic mass is 10.1. The number of carbonyl (C=O) groups excluding carboxylic acids is 1. The highest BCUT2D eigenvalue weighted by molar-refractivity contribution is 8.00. The van der Waals surface area contributed by atoms with Crippen LogP contribution in [0.25, 0.3) is 0 Å². The lowest BCUT2D eigenvalue weighted by molar-refractivity contribution is -0.0331. The van der Waals surface area contributed by atoms with Crippen molar-refractivity contribution >= 4 is 23.4 Å². The molecule has 0 radical (unpaired) electrons. The third-order valence-electron chi connectivity index (χ3n) is 2.08. The van der Waals surface area contributed by atoms with Crippen LogP contribution in [0.15, 0.2) is 12.1 Å². The van der Waals surface area contributed by atoms with Crippen LogP contribution in [-0.4, -0.2) is 23.8 Å². The lowest BCUT2D eigenvalue weighted by Gasteiger charge is -2.09. The average molecular weight is 297 g/mol. The summed E-state index contributed by atoms with van der Waals surface area (Å²) in [5.41, 5.74) is 1.03. The Bertz CT molecular complexity index is 476. The van der Waals surface area contributed by atoms with Crippen molar-refractivity contribution in [2.24, 2.45) is 0 Å². The van der Waals surface area contributed by atoms with Gasteiger partial charge in [-0.05, 0) is 36.4 Å². The van der Waals surface area contributed by atoms with Crippen LogP contribution in [0.4, 0.5) is 23.2 Å². The molecule has 19 heavy (non-hydrogen) atoms. The normalized spacial score (nSPS) is 11.4. The first kappa shape index (κ1) is 15.6. The summed E-state index contributed by atoms with van der Waals surface area (Å²) >= 11 is -0.314. The molecule has 1 aromatic rings. The molecule has 0 saturated carbocycles. The molecule has 2 N–H and O–H groups in total. The van der Waals surface area contributed by atoms with Crippen LogP contribution in [-0.2, 0) is 4.74 Å². The number of carbonyl (C=O) groups is 1. The monoisotopic (exact) mass is 297 g/mol. The molecule has 3 nitrogen and oxygen atoms in total. The maximum absolute atomic E-state index is 13.6. The number of alkyl halides is 3. The summed E-state index contributed by atoms with van der Waals surface area (Å²) in [6.45, 7) is 0.957. The minimum Gasteiger partial charge on any atom is -0.461 e. The Morgan fingerprint density at radius 1 is 1.42 bits per heavy atom. The predicted octanol–water partition coefficient (Wildman–Crippen LogP) is 3.13. The molecule has 0 unspecified atom stereocenters. The van der Waals surface area contributed by atoms with Gasteiger partial charge >= 0.3 is 11.5 Å². The molecular weight excluding hydrogens is 286 g/mol. The zero-order chi connectivity index (χ0) is 14.6. The third kappa shape index (κ3) is 4.98. The highest BCUT2D eigenvalue weighted by atomic mass is 32.2. The van der Waals surface area contributed by atoms with Crippen LogP contribution in [0.2, 0.25) is 0 Å². The number of aryl methyl sites for hydroxylation is 1. The molecule has 0 aromatic heterocycles. The minimum atomic E-state index is -4.38. The smallest absolute Gasteiger partial charge is 0.441 e. The largest absolute Gasteiger partial charge is 0.461 e. The molecule has 0 aliphatic rings. The topological polar surface area (TPSA) is 52.3 Å². The van der Waals surface area contributed by atoms with Crippen molar-refractivity contribution in [1.82, 2.24) is 0 Å². The van der Waals surface area contributed by atoms with Crippen LogP contribution in [0, 0.1) is 12.7 Å². The Hall–Kier alpha value is -1.44. The average Bonchev–Trinajstić information content (AvgIpc) is 2.27. The summed E-state index contributed by atoms with van der Waals surface area (Å²) in [6.07, 6.45) is 0. The van der Waals surface area contributed by atoms with E-state index >= 15 is 0 Å². The summed E-state index contributed by atoms with van der Waals surface area (Å²) in [7, 11) is 0. The highest BCUT2D eigenvalue weighted by Gasteiger charge is 2.27. The van der Waals surface area contributed by atoms with Gasteiger partial charge < -0.3 is 10.5 Å². The molecule has 0 fully saturated rings. The molecule has 0 atom stereocenters. The van der Waals surface area contributed by atoms with E-state index in [-0.39, 0.29) is 28.6 Å². The van der Waals surface area contributed by atoms with Gasteiger partial charge in [0.2, 0.25) is 0 Å². The van der Waals surface area contributed by atoms with Crippen LogP contribution in [0.5, 0.6) is 0 Å². The second-order valence-corrected chi connectivity index (χ2v) is 4.79. The molecule has 0 heterocycles. The van der Waals surface area contributed by atoms with Gasteiger partial charge in [-0.1, -0.05) is 0 Å². The summed E-state index contributed by atoms with van der Waals surface area (Å²) in [5.74, 6) is -2.27. The van der Waals surface area contributed by atoms with E-state index in [1.807, 2.05) is 0 Å². The van der Waals surface area contributed by atoms with E-state index in [0.29, 0.717) is 0 Å². The standard InChI is InChI=1S/C11H11F4NO2S/c1-6-4-7(16)5-8(9(6)12)10(17)18-2-3-19-11(13,14)15/h4-5H,2-3,16H2,1H3. The zero-order valence-corrected chi connectivity index (χ0v) is 10.7. The SMILES string of the molecule is Cc1cc(N)cc(C(=O)OCCSC(F)(F)F)c1F. The Morgan fingerprint density at radius 3 is 2.63 bits per heavy atom. The summed E-state index contributed by atoms with van der Waals surface area (Å²) in [5, 5.41) is 0. The van der Waals surface area contributed by atoms with Crippen LogP contribution < -0.4 is 5.73 Å². The zero-order valence-electron chi connectivity index (χ0n) is 9.88. The van der Waals surface area contributed by atoms with Crippen molar-refractivity contribution in [3.8, 4) is 0 Å². The van der Waals surface area contributed by atoms with E-state index in [2.05, 4.69) is 4.74 Å². The lowest BCUT2D eigenvalue weighted by Crippen LogP contribution is -2.13. The van der Waals surface area contributed by atoms with E-state index in [1.54, 1.807) is 0 Å². The molecule has 106 valence electrons. The van der Waals surface area contributed by atoms with Crippen LogP contribution >= 0.6 is 11.8 Å². The highest BCUT2D eigenvalue weighted by Crippen LogP contribution is 2.29. The van der Waals surface area contributed by atoms with Crippen LogP contribution in [0.1, 0.15) is 15.9 Å². The van der Waals surface area contributed by atoms with E-state index < -0.39 is 29.7 Å². The molecule has 0 bridgehead atoms. The van der Waals surface area contributed by atoms with Crippen molar-refractivity contribution < 1.29 is 27.1 Å². The molecule has 0 spiro atoms. The number of halogens is 4. The molecule has 0 amide bonds. The van der Waals surface area contributed by atoms with Gasteiger partial charge in [0.1, 0.15) is 12.4 Å². The Labute approximate surface area is 111 Å². The number of hydrogen-bond donors (Lipinski definition) is 1. The summed E-state index contributed by atoms with van der Waals surface area (Å²) in [6, 6.07) is 2.42. The van der Waals surface area contributed by atoms with Crippen LogP contribution in [0.3, 0.4) is 0 Å². The Kier molecular flexibility index (Phi) is 5.04. The van der Waals surface area contributed by atoms with E-state index in [1.165, 1.54) is 13.0 Å². The number of ether oxygens (including phenoxy) is 1. The van der Waals surface area contributed by atoms with E-state index in [9.17, 15) is 22.4 Å². The van der Waals surface area contributed by atoms with Crippen molar-refractivity contribution in [1.29, 1.82) is 0 Å². The van der Waals surface area contributed by atoms with Gasteiger partial charge in [-0.2, -0.15) is 13.2 Å². The maximum atomic E-state index is 13.6. The van der Waals surface area contributed by atoms with Gasteiger partial charge in [-0.25, -0.2) is 9.18 Å². The molecule has 1 rings (SSSR count). The van der Waals surface area contributed by atoms with E-state index in [0.717, 1.165) is 6.07 Å². The molecule has 0 aliphatic heterocycles. The summed E-state index contributed by atoms with van der Waals surface area (Å²) < 4.78 is 53.6. The molecule has 1 aromatic carbocycles. The second kappa shape index (κ2) is 6.14. The molecular formula is C11H11F4NO2S. The van der Waals surface area contributed by atoms with Gasteiger partial charge in [0.15, 0.2) is 0 Å². The van der Waals surface area contributed by atoms with Gasteiger partial charge in [0.25, 0.3) is 0 Å². The quantitative estimate of drug-likeness (QED) is 0.401. The summed E-state index contributed by atoms with van der Waals surface area (Å²) in [4.78, 5) is 11.5. The maximum Gasteiger partial charge on any atom is 0.441 e. The fourth-order valence-corrected chi connectivity index (χ4v) is 1.71. The van der Waals surface area contributed by atoms with Crippen molar-refractivity contribution in [2.75, 3.05) is 18.1 Å². The predicted molar refractivity (Wildman–Crippen MR) is 64.3 cm³/mol. The van der Waals surface area contributed by atoms with Gasteiger partial charge in [-0.3, -0.25) is 0 Å². The first-order valence-electron chi connectivity index (χ1n) is 5.14. The third-order valence-corrected chi connectivity index (χ3v) is 2.78. The molecule has 0 saturated heterocycles. The Morgan fingerprint density at radius 2 is 2.05 bits per heavy atom. The fourth-order valence-electron chi connectivity index (χ4n) is 1.32. The van der Waals surface area contributed by atoms with E-state index in [4.69, 9.17) is 5.73 Å². The number of hydrogen-bond acceptors (Lipinski definition) is 4. The number of thioether (sulfide) groups is 1. The number of anilines is 1. The van der Waals surface area contributed by atoms with Gasteiger partial charge in [0, 0.05) is 11.4 Å².